The van der Waals surface area contributed by atoms with Gasteiger partial charge in [0.15, 0.2) is 0 Å². The van der Waals surface area contributed by atoms with Crippen LogP contribution < -0.4 is 4.74 Å². The lowest BCUT2D eigenvalue weighted by Gasteiger charge is -2.21. The maximum atomic E-state index is 12.6. The zero-order valence-electron chi connectivity index (χ0n) is 16.0. The van der Waals surface area contributed by atoms with Crippen LogP contribution in [0.2, 0.25) is 0 Å². The fourth-order valence-electron chi connectivity index (χ4n) is 2.69. The third-order valence-corrected chi connectivity index (χ3v) is 4.15. The Morgan fingerprint density at radius 2 is 1.77 bits per heavy atom. The van der Waals surface area contributed by atoms with Gasteiger partial charge >= 0.3 is 5.97 Å². The minimum Gasteiger partial charge on any atom is -0.496 e. The third-order valence-electron chi connectivity index (χ3n) is 4.15. The maximum absolute atomic E-state index is 12.6. The lowest BCUT2D eigenvalue weighted by atomic mass is 9.85. The van der Waals surface area contributed by atoms with E-state index in [1.165, 1.54) is 13.3 Å². The molecule has 1 aromatic heterocycles. The molecular weight excluding hydrogens is 330 g/mol. The monoisotopic (exact) mass is 355 g/mol. The molecule has 0 atom stereocenters. The third kappa shape index (κ3) is 4.91. The van der Waals surface area contributed by atoms with Crippen molar-refractivity contribution in [2.24, 2.45) is 0 Å². The molecule has 0 unspecified atom stereocenters. The van der Waals surface area contributed by atoms with Gasteiger partial charge in [0.05, 0.1) is 14.2 Å². The highest BCUT2D eigenvalue weighted by Crippen LogP contribution is 2.28. The van der Waals surface area contributed by atoms with E-state index in [0.29, 0.717) is 5.75 Å². The minimum atomic E-state index is -0.515. The van der Waals surface area contributed by atoms with Gasteiger partial charge in [-0.3, -0.25) is 4.79 Å². The first-order chi connectivity index (χ1) is 12.2. The zero-order chi connectivity index (χ0) is 19.3. The fraction of sp³-hybridized carbons (Fsp3) is 0.381. The summed E-state index contributed by atoms with van der Waals surface area (Å²) in [5.74, 6) is 0.228. The average Bonchev–Trinajstić information content (AvgIpc) is 2.60. The van der Waals surface area contributed by atoms with E-state index in [1.807, 2.05) is 18.2 Å². The number of ketones is 1. The molecular formula is C21H25NO4. The van der Waals surface area contributed by atoms with Crippen LogP contribution >= 0.6 is 0 Å². The van der Waals surface area contributed by atoms with E-state index in [4.69, 9.17) is 4.74 Å². The van der Waals surface area contributed by atoms with Gasteiger partial charge in [0, 0.05) is 24.6 Å². The van der Waals surface area contributed by atoms with Crippen LogP contribution in [0.25, 0.3) is 0 Å². The Kier molecular flexibility index (Phi) is 6.14. The van der Waals surface area contributed by atoms with Crippen molar-refractivity contribution in [3.63, 3.8) is 0 Å². The summed E-state index contributed by atoms with van der Waals surface area (Å²) in [6, 6.07) is 9.28. The molecule has 0 radical (unpaired) electrons. The molecule has 0 aliphatic carbocycles. The molecule has 2 rings (SSSR count). The lowest BCUT2D eigenvalue weighted by molar-refractivity contribution is -0.117. The number of rotatable bonds is 6. The Labute approximate surface area is 154 Å². The summed E-state index contributed by atoms with van der Waals surface area (Å²) >= 11 is 0. The van der Waals surface area contributed by atoms with Gasteiger partial charge in [0.25, 0.3) is 0 Å². The minimum absolute atomic E-state index is 0.00934. The van der Waals surface area contributed by atoms with Crippen molar-refractivity contribution in [3.8, 4) is 5.75 Å². The molecule has 0 bridgehead atoms. The molecule has 0 aliphatic heterocycles. The highest BCUT2D eigenvalue weighted by atomic mass is 16.5. The second-order valence-electron chi connectivity index (χ2n) is 7.21. The maximum Gasteiger partial charge on any atom is 0.356 e. The summed E-state index contributed by atoms with van der Waals surface area (Å²) in [5.41, 5.74) is 2.94. The normalized spacial score (nSPS) is 11.1. The number of aromatic nitrogens is 1. The number of methoxy groups -OCH3 is 2. The van der Waals surface area contributed by atoms with Gasteiger partial charge in [0.1, 0.15) is 17.2 Å². The number of carbonyl (C=O) groups excluding carboxylic acids is 2. The average molecular weight is 355 g/mol. The summed E-state index contributed by atoms with van der Waals surface area (Å²) in [5, 5.41) is 0. The van der Waals surface area contributed by atoms with Gasteiger partial charge in [-0.25, -0.2) is 9.78 Å². The predicted octanol–water partition coefficient (Wildman–Crippen LogP) is 3.53. The topological polar surface area (TPSA) is 65.5 Å². The van der Waals surface area contributed by atoms with Gasteiger partial charge in [-0.15, -0.1) is 0 Å². The SMILES string of the molecule is COC(=O)c1cc(CC(=O)Cc2cc(C(C)(C)C)ccc2OC)ccn1. The van der Waals surface area contributed by atoms with Crippen LogP contribution in [-0.2, 0) is 27.8 Å². The molecule has 0 aliphatic rings. The van der Waals surface area contributed by atoms with Crippen molar-refractivity contribution in [2.75, 3.05) is 14.2 Å². The smallest absolute Gasteiger partial charge is 0.356 e. The van der Waals surface area contributed by atoms with E-state index < -0.39 is 5.97 Å². The molecule has 0 saturated heterocycles. The van der Waals surface area contributed by atoms with Crippen LogP contribution in [0.5, 0.6) is 5.75 Å². The van der Waals surface area contributed by atoms with Crippen LogP contribution in [0.3, 0.4) is 0 Å². The summed E-state index contributed by atoms with van der Waals surface area (Å²) in [6.45, 7) is 6.39. The number of ether oxygens (including phenoxy) is 2. The number of nitrogens with zero attached hydrogens (tertiary/aromatic N) is 1. The molecule has 0 saturated carbocycles. The molecule has 1 heterocycles. The Hall–Kier alpha value is -2.69. The Balaban J connectivity index is 2.18. The first kappa shape index (κ1) is 19.6. The zero-order valence-corrected chi connectivity index (χ0v) is 16.0. The van der Waals surface area contributed by atoms with Gasteiger partial charge < -0.3 is 9.47 Å². The molecule has 0 N–H and O–H groups in total. The molecule has 0 spiro atoms. The highest BCUT2D eigenvalue weighted by molar-refractivity contribution is 5.88. The van der Waals surface area contributed by atoms with Gasteiger partial charge in [-0.05, 0) is 34.7 Å². The van der Waals surface area contributed by atoms with E-state index in [9.17, 15) is 9.59 Å². The van der Waals surface area contributed by atoms with Crippen molar-refractivity contribution in [1.29, 1.82) is 0 Å². The van der Waals surface area contributed by atoms with E-state index in [2.05, 4.69) is 30.5 Å². The van der Waals surface area contributed by atoms with Crippen LogP contribution in [0.4, 0.5) is 0 Å². The summed E-state index contributed by atoms with van der Waals surface area (Å²) in [4.78, 5) is 28.1. The summed E-state index contributed by atoms with van der Waals surface area (Å²) in [7, 11) is 2.90. The predicted molar refractivity (Wildman–Crippen MR) is 99.7 cm³/mol. The molecule has 0 amide bonds. The molecule has 1 aromatic carbocycles. The Morgan fingerprint density at radius 1 is 1.04 bits per heavy atom. The quantitative estimate of drug-likeness (QED) is 0.742. The van der Waals surface area contributed by atoms with Crippen LogP contribution in [0.15, 0.2) is 36.5 Å². The van der Waals surface area contributed by atoms with Crippen molar-refractivity contribution in [2.45, 2.75) is 39.0 Å². The van der Waals surface area contributed by atoms with Crippen molar-refractivity contribution in [1.82, 2.24) is 4.98 Å². The summed E-state index contributed by atoms with van der Waals surface area (Å²) < 4.78 is 10.1. The second kappa shape index (κ2) is 8.13. The van der Waals surface area contributed by atoms with E-state index in [0.717, 1.165) is 16.7 Å². The first-order valence-corrected chi connectivity index (χ1v) is 8.47. The molecule has 138 valence electrons. The molecule has 0 fully saturated rings. The molecule has 5 heteroatoms. The number of esters is 1. The standard InChI is InChI=1S/C21H25NO4/c1-21(2,3)16-6-7-19(25-4)15(12-16)13-17(23)10-14-8-9-22-18(11-14)20(24)26-5/h6-9,11-12H,10,13H2,1-5H3. The van der Waals surface area contributed by atoms with Crippen LogP contribution in [0, 0.1) is 0 Å². The Bertz CT molecular complexity index is 806. The van der Waals surface area contributed by atoms with Crippen molar-refractivity contribution >= 4 is 11.8 Å². The van der Waals surface area contributed by atoms with Gasteiger partial charge in [-0.1, -0.05) is 32.9 Å². The summed E-state index contributed by atoms with van der Waals surface area (Å²) in [6.07, 6.45) is 1.99. The van der Waals surface area contributed by atoms with Crippen molar-refractivity contribution in [3.05, 3.63) is 58.9 Å². The number of carbonyl (C=O) groups is 2. The van der Waals surface area contributed by atoms with Crippen molar-refractivity contribution < 1.29 is 19.1 Å². The number of hydrogen-bond acceptors (Lipinski definition) is 5. The van der Waals surface area contributed by atoms with Gasteiger partial charge in [-0.2, -0.15) is 0 Å². The van der Waals surface area contributed by atoms with E-state index in [-0.39, 0.29) is 29.7 Å². The van der Waals surface area contributed by atoms with Gasteiger partial charge in [0.2, 0.25) is 0 Å². The van der Waals surface area contributed by atoms with Crippen LogP contribution in [-0.4, -0.2) is 31.0 Å². The Morgan fingerprint density at radius 3 is 2.38 bits per heavy atom. The fourth-order valence-corrected chi connectivity index (χ4v) is 2.69. The molecule has 5 nitrogen and oxygen atoms in total. The van der Waals surface area contributed by atoms with Crippen LogP contribution in [0.1, 0.15) is 48.0 Å². The number of Topliss-reactive ketones (excluding diaryl/α,β-unsaturated/α-hetero) is 1. The molecule has 26 heavy (non-hydrogen) atoms. The largest absolute Gasteiger partial charge is 0.496 e. The van der Waals surface area contributed by atoms with E-state index >= 15 is 0 Å². The highest BCUT2D eigenvalue weighted by Gasteiger charge is 2.18. The molecule has 2 aromatic rings. The van der Waals surface area contributed by atoms with E-state index in [1.54, 1.807) is 19.2 Å². The second-order valence-corrected chi connectivity index (χ2v) is 7.21. The number of hydrogen-bond donors (Lipinski definition) is 0. The number of pyridine rings is 1. The lowest BCUT2D eigenvalue weighted by Crippen LogP contribution is -2.14. The number of benzene rings is 1. The first-order valence-electron chi connectivity index (χ1n) is 8.47.